The minimum Gasteiger partial charge on any atom is -0.322 e. The van der Waals surface area contributed by atoms with Gasteiger partial charge < -0.3 is 10.6 Å². The van der Waals surface area contributed by atoms with E-state index in [0.717, 1.165) is 5.56 Å². The zero-order valence-electron chi connectivity index (χ0n) is 19.1. The topological polar surface area (TPSA) is 88.9 Å². The molecule has 5 aromatic rings. The van der Waals surface area contributed by atoms with Crippen molar-refractivity contribution in [3.05, 3.63) is 108 Å². The smallest absolute Gasteiger partial charge is 0.256 e. The van der Waals surface area contributed by atoms with Crippen LogP contribution in [0.4, 0.5) is 11.4 Å². The SMILES string of the molecule is CCn1ncc2c(C(=O)Nc3cccc(NC(=O)c4ccccc4)c3)cc(-c3ccccc3)nc21. The van der Waals surface area contributed by atoms with Gasteiger partial charge >= 0.3 is 0 Å². The maximum absolute atomic E-state index is 13.4. The lowest BCUT2D eigenvalue weighted by Gasteiger charge is -2.11. The molecule has 7 heteroatoms. The van der Waals surface area contributed by atoms with Crippen LogP contribution in [0.25, 0.3) is 22.3 Å². The van der Waals surface area contributed by atoms with Gasteiger partial charge in [-0.15, -0.1) is 0 Å². The van der Waals surface area contributed by atoms with E-state index in [1.807, 2.05) is 55.5 Å². The fraction of sp³-hybridized carbons (Fsp3) is 0.0714. The largest absolute Gasteiger partial charge is 0.322 e. The van der Waals surface area contributed by atoms with Crippen LogP contribution in [-0.2, 0) is 6.54 Å². The molecule has 2 heterocycles. The molecule has 0 aliphatic rings. The summed E-state index contributed by atoms with van der Waals surface area (Å²) in [6, 6.07) is 27.6. The third-order valence-electron chi connectivity index (χ3n) is 5.64. The summed E-state index contributed by atoms with van der Waals surface area (Å²) in [6.07, 6.45) is 1.67. The summed E-state index contributed by atoms with van der Waals surface area (Å²) >= 11 is 0. The Bertz CT molecular complexity index is 1510. The Morgan fingerprint density at radius 1 is 0.800 bits per heavy atom. The molecule has 172 valence electrons. The molecule has 0 fully saturated rings. The molecule has 2 amide bonds. The number of aromatic nitrogens is 3. The summed E-state index contributed by atoms with van der Waals surface area (Å²) in [5.41, 5.74) is 4.45. The first-order chi connectivity index (χ1) is 17.1. The monoisotopic (exact) mass is 461 g/mol. The molecule has 0 radical (unpaired) electrons. The molecular weight excluding hydrogens is 438 g/mol. The van der Waals surface area contributed by atoms with Gasteiger partial charge in [0.2, 0.25) is 0 Å². The number of anilines is 2. The van der Waals surface area contributed by atoms with E-state index in [2.05, 4.69) is 15.7 Å². The lowest BCUT2D eigenvalue weighted by molar-refractivity contribution is 0.102. The number of amides is 2. The first-order valence-electron chi connectivity index (χ1n) is 11.3. The second kappa shape index (κ2) is 9.61. The van der Waals surface area contributed by atoms with Crippen LogP contribution >= 0.6 is 0 Å². The van der Waals surface area contributed by atoms with Crippen molar-refractivity contribution in [3.8, 4) is 11.3 Å². The Morgan fingerprint density at radius 2 is 1.46 bits per heavy atom. The van der Waals surface area contributed by atoms with Gasteiger partial charge in [-0.25, -0.2) is 9.67 Å². The summed E-state index contributed by atoms with van der Waals surface area (Å²) in [5, 5.41) is 10.9. The molecule has 0 atom stereocenters. The number of hydrogen-bond donors (Lipinski definition) is 2. The standard InChI is InChI=1S/C28H23N5O2/c1-2-33-26-24(18-29-33)23(17-25(32-26)19-10-5-3-6-11-19)28(35)31-22-15-9-14-21(16-22)30-27(34)20-12-7-4-8-13-20/h3-18H,2H2,1H3,(H,30,34)(H,31,35). The van der Waals surface area contributed by atoms with E-state index >= 15 is 0 Å². The second-order valence-corrected chi connectivity index (χ2v) is 7.97. The van der Waals surface area contributed by atoms with Crippen LogP contribution in [0, 0.1) is 0 Å². The predicted octanol–water partition coefficient (Wildman–Crippen LogP) is 5.62. The van der Waals surface area contributed by atoms with Crippen molar-refractivity contribution < 1.29 is 9.59 Å². The lowest BCUT2D eigenvalue weighted by atomic mass is 10.1. The first kappa shape index (κ1) is 22.0. The molecular formula is C28H23N5O2. The van der Waals surface area contributed by atoms with Crippen LogP contribution in [0.3, 0.4) is 0 Å². The quantitative estimate of drug-likeness (QED) is 0.343. The second-order valence-electron chi connectivity index (χ2n) is 7.97. The highest BCUT2D eigenvalue weighted by atomic mass is 16.2. The summed E-state index contributed by atoms with van der Waals surface area (Å²) in [4.78, 5) is 30.7. The van der Waals surface area contributed by atoms with Crippen molar-refractivity contribution in [2.45, 2.75) is 13.5 Å². The van der Waals surface area contributed by atoms with Gasteiger partial charge in [-0.3, -0.25) is 9.59 Å². The third-order valence-corrected chi connectivity index (χ3v) is 5.64. The molecule has 3 aromatic carbocycles. The highest BCUT2D eigenvalue weighted by Crippen LogP contribution is 2.26. The van der Waals surface area contributed by atoms with Crippen LogP contribution in [0.1, 0.15) is 27.6 Å². The Hall–Kier alpha value is -4.78. The normalized spacial score (nSPS) is 10.8. The number of fused-ring (bicyclic) bond motifs is 1. The fourth-order valence-electron chi connectivity index (χ4n) is 3.89. The Kier molecular flexibility index (Phi) is 6.05. The zero-order chi connectivity index (χ0) is 24.2. The lowest BCUT2D eigenvalue weighted by Crippen LogP contribution is -2.14. The van der Waals surface area contributed by atoms with E-state index in [4.69, 9.17) is 4.98 Å². The van der Waals surface area contributed by atoms with E-state index in [1.165, 1.54) is 0 Å². The predicted molar refractivity (Wildman–Crippen MR) is 137 cm³/mol. The van der Waals surface area contributed by atoms with Gasteiger partial charge in [-0.2, -0.15) is 5.10 Å². The Balaban J connectivity index is 1.44. The average Bonchev–Trinajstić information content (AvgIpc) is 3.32. The van der Waals surface area contributed by atoms with Crippen LogP contribution in [0.15, 0.2) is 97.2 Å². The molecule has 2 aromatic heterocycles. The summed E-state index contributed by atoms with van der Waals surface area (Å²) in [5.74, 6) is -0.499. The number of pyridine rings is 1. The Morgan fingerprint density at radius 3 is 2.14 bits per heavy atom. The van der Waals surface area contributed by atoms with Crippen molar-refractivity contribution in [2.24, 2.45) is 0 Å². The van der Waals surface area contributed by atoms with Crippen molar-refractivity contribution in [1.82, 2.24) is 14.8 Å². The first-order valence-corrected chi connectivity index (χ1v) is 11.3. The van der Waals surface area contributed by atoms with Gasteiger partial charge in [0, 0.05) is 29.0 Å². The number of nitrogens with one attached hydrogen (secondary N) is 2. The highest BCUT2D eigenvalue weighted by molar-refractivity contribution is 6.13. The third kappa shape index (κ3) is 4.65. The number of carbonyl (C=O) groups is 2. The molecule has 5 rings (SSSR count). The number of carbonyl (C=O) groups excluding carboxylic acids is 2. The van der Waals surface area contributed by atoms with Gasteiger partial charge in [0.25, 0.3) is 11.8 Å². The number of rotatable bonds is 6. The molecule has 0 bridgehead atoms. The number of hydrogen-bond acceptors (Lipinski definition) is 4. The van der Waals surface area contributed by atoms with Gasteiger partial charge in [0.1, 0.15) is 0 Å². The van der Waals surface area contributed by atoms with Crippen molar-refractivity contribution in [2.75, 3.05) is 10.6 Å². The van der Waals surface area contributed by atoms with Crippen molar-refractivity contribution >= 4 is 34.2 Å². The van der Waals surface area contributed by atoms with E-state index in [1.54, 1.807) is 53.3 Å². The summed E-state index contributed by atoms with van der Waals surface area (Å²) in [6.45, 7) is 2.62. The van der Waals surface area contributed by atoms with Crippen molar-refractivity contribution in [3.63, 3.8) is 0 Å². The molecule has 0 saturated heterocycles. The molecule has 7 nitrogen and oxygen atoms in total. The fourth-order valence-corrected chi connectivity index (χ4v) is 3.89. The van der Waals surface area contributed by atoms with Gasteiger partial charge in [-0.1, -0.05) is 54.6 Å². The van der Waals surface area contributed by atoms with Gasteiger partial charge in [0.15, 0.2) is 5.65 Å². The van der Waals surface area contributed by atoms with E-state index in [9.17, 15) is 9.59 Å². The molecule has 0 aliphatic heterocycles. The average molecular weight is 462 g/mol. The van der Waals surface area contributed by atoms with Crippen molar-refractivity contribution in [1.29, 1.82) is 0 Å². The molecule has 35 heavy (non-hydrogen) atoms. The number of nitrogens with zero attached hydrogens (tertiary/aromatic N) is 3. The minimum absolute atomic E-state index is 0.218. The Labute approximate surface area is 202 Å². The summed E-state index contributed by atoms with van der Waals surface area (Å²) < 4.78 is 1.78. The van der Waals surface area contributed by atoms with Crippen LogP contribution in [-0.4, -0.2) is 26.6 Å². The number of aryl methyl sites for hydroxylation is 1. The van der Waals surface area contributed by atoms with E-state index in [0.29, 0.717) is 45.8 Å². The molecule has 2 N–H and O–H groups in total. The zero-order valence-corrected chi connectivity index (χ0v) is 19.1. The number of benzene rings is 3. The van der Waals surface area contributed by atoms with Gasteiger partial charge in [-0.05, 0) is 43.3 Å². The van der Waals surface area contributed by atoms with Crippen LogP contribution in [0.2, 0.25) is 0 Å². The van der Waals surface area contributed by atoms with Gasteiger partial charge in [0.05, 0.1) is 22.8 Å². The highest BCUT2D eigenvalue weighted by Gasteiger charge is 2.18. The summed E-state index contributed by atoms with van der Waals surface area (Å²) in [7, 11) is 0. The minimum atomic E-state index is -0.281. The maximum Gasteiger partial charge on any atom is 0.256 e. The molecule has 0 unspecified atom stereocenters. The van der Waals surface area contributed by atoms with Crippen LogP contribution in [0.5, 0.6) is 0 Å². The molecule has 0 aliphatic carbocycles. The molecule has 0 saturated carbocycles. The van der Waals surface area contributed by atoms with E-state index < -0.39 is 0 Å². The van der Waals surface area contributed by atoms with E-state index in [-0.39, 0.29) is 11.8 Å². The maximum atomic E-state index is 13.4. The van der Waals surface area contributed by atoms with Crippen LogP contribution < -0.4 is 10.6 Å². The molecule has 0 spiro atoms.